The van der Waals surface area contributed by atoms with Gasteiger partial charge in [0, 0.05) is 13.2 Å². The van der Waals surface area contributed by atoms with E-state index in [0.29, 0.717) is 11.5 Å². The molecule has 0 aliphatic carbocycles. The molecule has 0 aromatic heterocycles. The zero-order valence-corrected chi connectivity index (χ0v) is 14.4. The molecular formula is C18H24BNO3. The molecule has 2 heterocycles. The first-order valence-corrected chi connectivity index (χ1v) is 8.31. The molecule has 0 unspecified atom stereocenters. The molecule has 2 aliphatic rings. The monoisotopic (exact) mass is 313 g/mol. The number of ether oxygens (including phenoxy) is 1. The van der Waals surface area contributed by atoms with Gasteiger partial charge in [-0.25, -0.2) is 0 Å². The van der Waals surface area contributed by atoms with Crippen molar-refractivity contribution in [1.82, 2.24) is 0 Å². The highest BCUT2D eigenvalue weighted by atomic mass is 16.7. The van der Waals surface area contributed by atoms with Crippen LogP contribution in [0.2, 0.25) is 0 Å². The number of hydrogen-bond acceptors (Lipinski definition) is 4. The zero-order chi connectivity index (χ0) is 16.7. The van der Waals surface area contributed by atoms with Crippen molar-refractivity contribution in [2.45, 2.75) is 57.7 Å². The summed E-state index contributed by atoms with van der Waals surface area (Å²) < 4.78 is 17.9. The molecule has 0 spiro atoms. The molecular weight excluding hydrogens is 289 g/mol. The predicted octanol–water partition coefficient (Wildman–Crippen LogP) is 2.75. The van der Waals surface area contributed by atoms with Crippen LogP contribution in [0, 0.1) is 11.3 Å². The lowest BCUT2D eigenvalue weighted by atomic mass is 9.71. The summed E-state index contributed by atoms with van der Waals surface area (Å²) in [5, 5.41) is 9.26. The quantitative estimate of drug-likeness (QED) is 0.788. The highest BCUT2D eigenvalue weighted by Crippen LogP contribution is 2.37. The molecule has 0 atom stereocenters. The van der Waals surface area contributed by atoms with Crippen molar-refractivity contribution in [1.29, 1.82) is 5.26 Å². The van der Waals surface area contributed by atoms with Crippen molar-refractivity contribution in [3.8, 4) is 6.07 Å². The molecule has 1 aromatic rings. The smallest absolute Gasteiger partial charge is 0.399 e. The summed E-state index contributed by atoms with van der Waals surface area (Å²) in [5.74, 6) is 0.436. The fourth-order valence-corrected chi connectivity index (χ4v) is 3.20. The SMILES string of the molecule is CC1(C)OB(c2cc(C#N)ccc2C2CCOCC2)OC1(C)C. The van der Waals surface area contributed by atoms with E-state index in [9.17, 15) is 5.26 Å². The molecule has 0 saturated carbocycles. The molecule has 5 heteroatoms. The van der Waals surface area contributed by atoms with E-state index in [2.05, 4.69) is 39.8 Å². The predicted molar refractivity (Wildman–Crippen MR) is 89.7 cm³/mol. The lowest BCUT2D eigenvalue weighted by Crippen LogP contribution is -2.41. The summed E-state index contributed by atoms with van der Waals surface area (Å²) in [5.41, 5.74) is 2.10. The minimum atomic E-state index is -0.425. The van der Waals surface area contributed by atoms with E-state index in [-0.39, 0.29) is 11.2 Å². The van der Waals surface area contributed by atoms with E-state index in [1.165, 1.54) is 5.56 Å². The molecule has 0 amide bonds. The average molecular weight is 313 g/mol. The number of rotatable bonds is 2. The summed E-state index contributed by atoms with van der Waals surface area (Å²) in [6, 6.07) is 8.10. The number of nitrogens with zero attached hydrogens (tertiary/aromatic N) is 1. The van der Waals surface area contributed by atoms with Crippen molar-refractivity contribution in [2.75, 3.05) is 13.2 Å². The second kappa shape index (κ2) is 5.94. The first-order valence-electron chi connectivity index (χ1n) is 8.31. The Labute approximate surface area is 138 Å². The molecule has 23 heavy (non-hydrogen) atoms. The Balaban J connectivity index is 1.98. The van der Waals surface area contributed by atoms with Crippen LogP contribution >= 0.6 is 0 Å². The van der Waals surface area contributed by atoms with E-state index in [1.54, 1.807) is 0 Å². The van der Waals surface area contributed by atoms with Crippen LogP contribution in [-0.4, -0.2) is 31.5 Å². The fraction of sp³-hybridized carbons (Fsp3) is 0.611. The van der Waals surface area contributed by atoms with E-state index in [0.717, 1.165) is 31.5 Å². The van der Waals surface area contributed by atoms with Crippen molar-refractivity contribution < 1.29 is 14.0 Å². The maximum atomic E-state index is 9.26. The Kier molecular flexibility index (Phi) is 4.26. The Morgan fingerprint density at radius 3 is 2.26 bits per heavy atom. The van der Waals surface area contributed by atoms with Crippen LogP contribution in [0.1, 0.15) is 57.6 Å². The van der Waals surface area contributed by atoms with Crippen LogP contribution in [0.25, 0.3) is 0 Å². The molecule has 2 aliphatic heterocycles. The van der Waals surface area contributed by atoms with E-state index < -0.39 is 7.12 Å². The summed E-state index contributed by atoms with van der Waals surface area (Å²) in [6.07, 6.45) is 2.00. The molecule has 1 aromatic carbocycles. The Hall–Kier alpha value is -1.35. The van der Waals surface area contributed by atoms with Gasteiger partial charge in [0.05, 0.1) is 22.8 Å². The van der Waals surface area contributed by atoms with Crippen molar-refractivity contribution in [3.05, 3.63) is 29.3 Å². The maximum Gasteiger partial charge on any atom is 0.495 e. The van der Waals surface area contributed by atoms with Gasteiger partial charge in [0.25, 0.3) is 0 Å². The topological polar surface area (TPSA) is 51.5 Å². The van der Waals surface area contributed by atoms with E-state index in [1.807, 2.05) is 12.1 Å². The van der Waals surface area contributed by atoms with Gasteiger partial charge in [-0.2, -0.15) is 5.26 Å². The summed E-state index contributed by atoms with van der Waals surface area (Å²) >= 11 is 0. The van der Waals surface area contributed by atoms with Gasteiger partial charge in [-0.1, -0.05) is 6.07 Å². The average Bonchev–Trinajstić information content (AvgIpc) is 2.75. The van der Waals surface area contributed by atoms with Gasteiger partial charge in [-0.05, 0) is 69.6 Å². The molecule has 2 fully saturated rings. The highest BCUT2D eigenvalue weighted by molar-refractivity contribution is 6.62. The number of hydrogen-bond donors (Lipinski definition) is 0. The van der Waals surface area contributed by atoms with Gasteiger partial charge in [-0.3, -0.25) is 0 Å². The van der Waals surface area contributed by atoms with Crippen LogP contribution in [0.15, 0.2) is 18.2 Å². The van der Waals surface area contributed by atoms with Crippen molar-refractivity contribution in [3.63, 3.8) is 0 Å². The zero-order valence-electron chi connectivity index (χ0n) is 14.4. The minimum Gasteiger partial charge on any atom is -0.399 e. The molecule has 0 radical (unpaired) electrons. The number of benzene rings is 1. The van der Waals surface area contributed by atoms with Gasteiger partial charge in [0.15, 0.2) is 0 Å². The fourth-order valence-electron chi connectivity index (χ4n) is 3.20. The normalized spacial score (nSPS) is 23.7. The highest BCUT2D eigenvalue weighted by Gasteiger charge is 2.52. The van der Waals surface area contributed by atoms with Gasteiger partial charge in [0.1, 0.15) is 0 Å². The van der Waals surface area contributed by atoms with Gasteiger partial charge in [-0.15, -0.1) is 0 Å². The lowest BCUT2D eigenvalue weighted by molar-refractivity contribution is 0.00578. The van der Waals surface area contributed by atoms with Crippen molar-refractivity contribution >= 4 is 12.6 Å². The Morgan fingerprint density at radius 2 is 1.70 bits per heavy atom. The van der Waals surface area contributed by atoms with E-state index in [4.69, 9.17) is 14.0 Å². The van der Waals surface area contributed by atoms with Gasteiger partial charge in [0.2, 0.25) is 0 Å². The third kappa shape index (κ3) is 3.04. The third-order valence-electron chi connectivity index (χ3n) is 5.38. The first-order chi connectivity index (χ1) is 10.8. The second-order valence-corrected chi connectivity index (χ2v) is 7.43. The Morgan fingerprint density at radius 1 is 1.09 bits per heavy atom. The number of nitriles is 1. The standard InChI is InChI=1S/C18H24BNO3/c1-17(2)18(3,4)23-19(22-17)16-11-13(12-20)5-6-15(16)14-7-9-21-10-8-14/h5-6,11,14H,7-10H2,1-4H3. The maximum absolute atomic E-state index is 9.26. The lowest BCUT2D eigenvalue weighted by Gasteiger charge is -2.32. The van der Waals surface area contributed by atoms with Crippen LogP contribution < -0.4 is 5.46 Å². The molecule has 122 valence electrons. The summed E-state index contributed by atoms with van der Waals surface area (Å²) in [7, 11) is -0.425. The Bertz CT molecular complexity index is 614. The summed E-state index contributed by atoms with van der Waals surface area (Å²) in [6.45, 7) is 9.77. The molecule has 3 rings (SSSR count). The summed E-state index contributed by atoms with van der Waals surface area (Å²) in [4.78, 5) is 0. The first kappa shape index (κ1) is 16.5. The van der Waals surface area contributed by atoms with Gasteiger partial charge < -0.3 is 14.0 Å². The van der Waals surface area contributed by atoms with Crippen LogP contribution in [0.5, 0.6) is 0 Å². The molecule has 0 bridgehead atoms. The molecule has 2 saturated heterocycles. The van der Waals surface area contributed by atoms with Crippen LogP contribution in [0.4, 0.5) is 0 Å². The van der Waals surface area contributed by atoms with Gasteiger partial charge >= 0.3 is 7.12 Å². The van der Waals surface area contributed by atoms with Crippen LogP contribution in [-0.2, 0) is 14.0 Å². The van der Waals surface area contributed by atoms with Crippen LogP contribution in [0.3, 0.4) is 0 Å². The van der Waals surface area contributed by atoms with Crippen molar-refractivity contribution in [2.24, 2.45) is 0 Å². The third-order valence-corrected chi connectivity index (χ3v) is 5.38. The van der Waals surface area contributed by atoms with E-state index >= 15 is 0 Å². The second-order valence-electron chi connectivity index (χ2n) is 7.43. The molecule has 0 N–H and O–H groups in total. The largest absolute Gasteiger partial charge is 0.495 e. The molecule has 4 nitrogen and oxygen atoms in total. The minimum absolute atomic E-state index is 0.382.